The molecule has 0 amide bonds. The highest BCUT2D eigenvalue weighted by Gasteiger charge is 2.21. The maximum absolute atomic E-state index is 13.6. The Morgan fingerprint density at radius 1 is 1.08 bits per heavy atom. The summed E-state index contributed by atoms with van der Waals surface area (Å²) >= 11 is 1.55. The quantitative estimate of drug-likeness (QED) is 0.290. The molecule has 38 heavy (non-hydrogen) atoms. The highest BCUT2D eigenvalue weighted by Crippen LogP contribution is 2.29. The van der Waals surface area contributed by atoms with Crippen LogP contribution >= 0.6 is 11.3 Å². The van der Waals surface area contributed by atoms with E-state index in [9.17, 15) is 4.79 Å². The Hall–Kier alpha value is -3.88. The van der Waals surface area contributed by atoms with Crippen molar-refractivity contribution in [3.8, 4) is 22.7 Å². The summed E-state index contributed by atoms with van der Waals surface area (Å²) in [5.74, 6) is 0.842. The van der Waals surface area contributed by atoms with E-state index in [1.165, 1.54) is 0 Å². The van der Waals surface area contributed by atoms with Gasteiger partial charge in [0.1, 0.15) is 5.75 Å². The van der Waals surface area contributed by atoms with E-state index >= 15 is 0 Å². The van der Waals surface area contributed by atoms with E-state index < -0.39 is 0 Å². The van der Waals surface area contributed by atoms with Crippen LogP contribution in [0.5, 0.6) is 5.75 Å². The molecule has 0 bridgehead atoms. The number of hydrogen-bond acceptors (Lipinski definition) is 5. The Balaban J connectivity index is 1.49. The van der Waals surface area contributed by atoms with Crippen LogP contribution in [0.25, 0.3) is 27.7 Å². The molecule has 5 aromatic rings. The molecule has 7 nitrogen and oxygen atoms in total. The van der Waals surface area contributed by atoms with Crippen molar-refractivity contribution in [3.05, 3.63) is 93.0 Å². The second kappa shape index (κ2) is 10.1. The summed E-state index contributed by atoms with van der Waals surface area (Å²) in [4.78, 5) is 19.3. The lowest BCUT2D eigenvalue weighted by molar-refractivity contribution is 0.0968. The van der Waals surface area contributed by atoms with Crippen molar-refractivity contribution in [1.82, 2.24) is 13.9 Å². The smallest absolute Gasteiger partial charge is 0.297 e. The van der Waals surface area contributed by atoms with Crippen molar-refractivity contribution >= 4 is 27.8 Å². The van der Waals surface area contributed by atoms with Crippen LogP contribution in [0.3, 0.4) is 0 Å². The highest BCUT2D eigenvalue weighted by molar-refractivity contribution is 7.07. The number of aromatic nitrogens is 3. The number of nitrogens with zero attached hydrogens (tertiary/aromatic N) is 4. The molecule has 1 atom stereocenters. The molecule has 2 aromatic heterocycles. The molecule has 0 spiro atoms. The molecule has 0 radical (unpaired) electrons. The number of ether oxygens (including phenoxy) is 2. The van der Waals surface area contributed by atoms with Crippen LogP contribution < -0.4 is 15.1 Å². The monoisotopic (exact) mass is 526 g/mol. The first kappa shape index (κ1) is 24.5. The number of para-hydroxylation sites is 1. The van der Waals surface area contributed by atoms with E-state index in [4.69, 9.17) is 14.5 Å². The molecule has 0 N–H and O–H groups in total. The van der Waals surface area contributed by atoms with E-state index in [1.807, 2.05) is 61.1 Å². The van der Waals surface area contributed by atoms with Crippen LogP contribution in [0.15, 0.2) is 81.9 Å². The molecule has 3 heterocycles. The molecule has 8 heteroatoms. The molecule has 0 saturated carbocycles. The molecule has 1 unspecified atom stereocenters. The molecular formula is C30H30N4O3S. The molecular weight excluding hydrogens is 496 g/mol. The standard InChI is InChI=1S/C30H30N4O3S/c1-20-28(29(35)34(32(20)2)24-8-5-4-6-9-24)31-30-33(18-26-10-7-15-37-26)27(19-38-30)23-12-11-22-17-25(36-3)14-13-21(22)16-23/h4-6,8-9,11-14,16-17,19,26H,7,10,15,18H2,1-3H3. The fourth-order valence-corrected chi connectivity index (χ4v) is 6.03. The molecule has 1 fully saturated rings. The van der Waals surface area contributed by atoms with Gasteiger partial charge in [-0.2, -0.15) is 0 Å². The van der Waals surface area contributed by atoms with Crippen molar-refractivity contribution in [2.45, 2.75) is 32.4 Å². The Bertz CT molecular complexity index is 1740. The maximum atomic E-state index is 13.6. The first-order valence-corrected chi connectivity index (χ1v) is 13.7. The van der Waals surface area contributed by atoms with E-state index in [1.54, 1.807) is 23.1 Å². The van der Waals surface area contributed by atoms with Gasteiger partial charge in [0, 0.05) is 19.0 Å². The molecule has 1 aliphatic heterocycles. The van der Waals surface area contributed by atoms with Crippen molar-refractivity contribution in [1.29, 1.82) is 0 Å². The average Bonchev–Trinajstić information content (AvgIpc) is 3.66. The van der Waals surface area contributed by atoms with Crippen LogP contribution in [0, 0.1) is 6.92 Å². The second-order valence-electron chi connectivity index (χ2n) is 9.60. The first-order valence-electron chi connectivity index (χ1n) is 12.8. The fourth-order valence-electron chi connectivity index (χ4n) is 5.11. The Morgan fingerprint density at radius 3 is 2.63 bits per heavy atom. The highest BCUT2D eigenvalue weighted by atomic mass is 32.1. The van der Waals surface area contributed by atoms with Crippen LogP contribution in [0.4, 0.5) is 5.69 Å². The largest absolute Gasteiger partial charge is 0.497 e. The van der Waals surface area contributed by atoms with Crippen molar-refractivity contribution in [2.24, 2.45) is 12.0 Å². The number of benzene rings is 3. The minimum absolute atomic E-state index is 0.130. The van der Waals surface area contributed by atoms with Gasteiger partial charge < -0.3 is 14.0 Å². The molecule has 194 valence electrons. The predicted octanol–water partition coefficient (Wildman–Crippen LogP) is 5.59. The maximum Gasteiger partial charge on any atom is 0.297 e. The molecule has 1 aliphatic rings. The Morgan fingerprint density at radius 2 is 1.87 bits per heavy atom. The summed E-state index contributed by atoms with van der Waals surface area (Å²) in [7, 11) is 3.58. The number of thiazole rings is 1. The van der Waals surface area contributed by atoms with E-state index in [0.29, 0.717) is 12.2 Å². The molecule has 1 saturated heterocycles. The minimum Gasteiger partial charge on any atom is -0.497 e. The zero-order chi connectivity index (χ0) is 26.2. The number of fused-ring (bicyclic) bond motifs is 1. The van der Waals surface area contributed by atoms with E-state index in [-0.39, 0.29) is 11.7 Å². The third-order valence-corrected chi connectivity index (χ3v) is 8.15. The van der Waals surface area contributed by atoms with E-state index in [2.05, 4.69) is 34.2 Å². The van der Waals surface area contributed by atoms with Gasteiger partial charge in [0.05, 0.1) is 36.8 Å². The lowest BCUT2D eigenvalue weighted by atomic mass is 10.0. The Labute approximate surface area is 224 Å². The summed E-state index contributed by atoms with van der Waals surface area (Å²) in [6.07, 6.45) is 2.21. The van der Waals surface area contributed by atoms with Gasteiger partial charge >= 0.3 is 0 Å². The van der Waals surface area contributed by atoms with Gasteiger partial charge in [-0.15, -0.1) is 11.3 Å². The van der Waals surface area contributed by atoms with Crippen LogP contribution in [-0.4, -0.2) is 33.8 Å². The van der Waals surface area contributed by atoms with Gasteiger partial charge in [0.25, 0.3) is 5.56 Å². The first-order chi connectivity index (χ1) is 18.5. The molecule has 6 rings (SSSR count). The fraction of sp³-hybridized carbons (Fsp3) is 0.267. The SMILES string of the molecule is COc1ccc2cc(-c3csc(=Nc4c(C)n(C)n(-c5ccccc5)c4=O)n3CC3CCCO3)ccc2c1. The third kappa shape index (κ3) is 4.40. The zero-order valence-electron chi connectivity index (χ0n) is 21.8. The summed E-state index contributed by atoms with van der Waals surface area (Å²) in [6.45, 7) is 3.42. The summed E-state index contributed by atoms with van der Waals surface area (Å²) in [5.41, 5.74) is 4.13. The van der Waals surface area contributed by atoms with Gasteiger partial charge in [-0.3, -0.25) is 9.48 Å². The van der Waals surface area contributed by atoms with E-state index in [0.717, 1.165) is 63.4 Å². The van der Waals surface area contributed by atoms with Crippen molar-refractivity contribution < 1.29 is 9.47 Å². The lowest BCUT2D eigenvalue weighted by Crippen LogP contribution is -2.24. The predicted molar refractivity (Wildman–Crippen MR) is 152 cm³/mol. The van der Waals surface area contributed by atoms with Gasteiger partial charge in [-0.1, -0.05) is 36.4 Å². The third-order valence-electron chi connectivity index (χ3n) is 7.28. The molecule has 3 aromatic carbocycles. The summed E-state index contributed by atoms with van der Waals surface area (Å²) in [5, 5.41) is 4.40. The van der Waals surface area contributed by atoms with Gasteiger partial charge in [0.2, 0.25) is 0 Å². The Kier molecular flexibility index (Phi) is 6.51. The minimum atomic E-state index is -0.130. The van der Waals surface area contributed by atoms with Gasteiger partial charge in [-0.05, 0) is 66.4 Å². The van der Waals surface area contributed by atoms with Gasteiger partial charge in [0.15, 0.2) is 10.5 Å². The van der Waals surface area contributed by atoms with Crippen molar-refractivity contribution in [2.75, 3.05) is 13.7 Å². The van der Waals surface area contributed by atoms with Crippen molar-refractivity contribution in [3.63, 3.8) is 0 Å². The average molecular weight is 527 g/mol. The number of hydrogen-bond donors (Lipinski definition) is 0. The van der Waals surface area contributed by atoms with Crippen LogP contribution in [0.1, 0.15) is 18.5 Å². The molecule has 0 aliphatic carbocycles. The van der Waals surface area contributed by atoms with Crippen LogP contribution in [0.2, 0.25) is 0 Å². The number of rotatable bonds is 6. The normalized spacial score (nSPS) is 16.0. The lowest BCUT2D eigenvalue weighted by Gasteiger charge is -2.14. The topological polar surface area (TPSA) is 62.7 Å². The van der Waals surface area contributed by atoms with Gasteiger partial charge in [-0.25, -0.2) is 9.67 Å². The number of methoxy groups -OCH3 is 1. The van der Waals surface area contributed by atoms with Crippen LogP contribution in [-0.2, 0) is 18.3 Å². The summed E-state index contributed by atoms with van der Waals surface area (Å²) < 4.78 is 17.1. The summed E-state index contributed by atoms with van der Waals surface area (Å²) in [6, 6.07) is 22.2. The second-order valence-corrected chi connectivity index (χ2v) is 10.4. The zero-order valence-corrected chi connectivity index (χ0v) is 22.6.